The van der Waals surface area contributed by atoms with Gasteiger partial charge in [0.1, 0.15) is 0 Å². The van der Waals surface area contributed by atoms with Gasteiger partial charge in [0.2, 0.25) is 0 Å². The number of hydrogen-bond donors (Lipinski definition) is 0. The van der Waals surface area contributed by atoms with Crippen LogP contribution in [0.2, 0.25) is 0 Å². The fourth-order valence-electron chi connectivity index (χ4n) is 2.12. The van der Waals surface area contributed by atoms with E-state index in [2.05, 4.69) is 60.7 Å². The third-order valence-electron chi connectivity index (χ3n) is 2.91. The molecule has 0 atom stereocenters. The van der Waals surface area contributed by atoms with Crippen molar-refractivity contribution in [3.8, 4) is 0 Å². The number of benzene rings is 2. The molecule has 1 aliphatic carbocycles. The number of hydrogen-bond acceptors (Lipinski definition) is 0. The Balaban J connectivity index is 0.000000963. The SMILES string of the molecule is C1=C(c2ccccc2)Cc2ccccc21.[Gd]. The van der Waals surface area contributed by atoms with Crippen LogP contribution in [-0.4, -0.2) is 0 Å². The molecule has 80 valence electrons. The van der Waals surface area contributed by atoms with Crippen molar-refractivity contribution in [2.75, 3.05) is 0 Å². The van der Waals surface area contributed by atoms with Crippen molar-refractivity contribution in [2.45, 2.75) is 6.42 Å². The van der Waals surface area contributed by atoms with Gasteiger partial charge in [0, 0.05) is 39.9 Å². The zero-order valence-corrected chi connectivity index (χ0v) is 11.1. The Hall–Kier alpha value is -0.495. The number of rotatable bonds is 1. The van der Waals surface area contributed by atoms with E-state index in [9.17, 15) is 0 Å². The summed E-state index contributed by atoms with van der Waals surface area (Å²) in [7, 11) is 0. The van der Waals surface area contributed by atoms with E-state index in [1.165, 1.54) is 22.3 Å². The Kier molecular flexibility index (Phi) is 3.91. The average molecular weight is 350 g/mol. The van der Waals surface area contributed by atoms with Crippen LogP contribution in [0.4, 0.5) is 0 Å². The van der Waals surface area contributed by atoms with Crippen molar-refractivity contribution in [3.05, 3.63) is 71.3 Å². The summed E-state index contributed by atoms with van der Waals surface area (Å²) in [5.74, 6) is 0. The maximum absolute atomic E-state index is 2.30. The average Bonchev–Trinajstić information content (AvgIpc) is 2.74. The molecule has 0 unspecified atom stereocenters. The first kappa shape index (κ1) is 12.0. The van der Waals surface area contributed by atoms with Crippen LogP contribution in [-0.2, 0) is 6.42 Å². The Morgan fingerprint density at radius 1 is 0.750 bits per heavy atom. The minimum absolute atomic E-state index is 0. The smallest absolute Gasteiger partial charge is 0 e. The van der Waals surface area contributed by atoms with Gasteiger partial charge in [-0.05, 0) is 28.7 Å². The third kappa shape index (κ3) is 2.27. The predicted octanol–water partition coefficient (Wildman–Crippen LogP) is 3.78. The van der Waals surface area contributed by atoms with Crippen LogP contribution in [0.1, 0.15) is 16.7 Å². The van der Waals surface area contributed by atoms with Gasteiger partial charge in [-0.25, -0.2) is 0 Å². The van der Waals surface area contributed by atoms with Crippen LogP contribution in [0.3, 0.4) is 0 Å². The predicted molar refractivity (Wildman–Crippen MR) is 64.5 cm³/mol. The van der Waals surface area contributed by atoms with E-state index < -0.39 is 0 Å². The van der Waals surface area contributed by atoms with Crippen molar-refractivity contribution in [2.24, 2.45) is 0 Å². The zero-order valence-electron chi connectivity index (χ0n) is 8.83. The quantitative estimate of drug-likeness (QED) is 0.735. The van der Waals surface area contributed by atoms with Gasteiger partial charge < -0.3 is 0 Å². The molecule has 0 radical (unpaired) electrons. The van der Waals surface area contributed by atoms with Crippen LogP contribution in [0, 0.1) is 39.9 Å². The summed E-state index contributed by atoms with van der Waals surface area (Å²) in [6.45, 7) is 0. The van der Waals surface area contributed by atoms with Crippen LogP contribution < -0.4 is 0 Å². The monoisotopic (exact) mass is 350 g/mol. The van der Waals surface area contributed by atoms with Crippen LogP contribution >= 0.6 is 0 Å². The molecule has 2 aromatic rings. The first-order chi connectivity index (χ1) is 7.43. The first-order valence-electron chi connectivity index (χ1n) is 5.27. The van der Waals surface area contributed by atoms with Crippen LogP contribution in [0.15, 0.2) is 54.6 Å². The molecule has 0 aliphatic heterocycles. The molecule has 1 aliphatic rings. The number of fused-ring (bicyclic) bond motifs is 1. The molecule has 3 rings (SSSR count). The van der Waals surface area contributed by atoms with E-state index in [1.807, 2.05) is 0 Å². The van der Waals surface area contributed by atoms with Crippen molar-refractivity contribution < 1.29 is 39.9 Å². The van der Waals surface area contributed by atoms with E-state index in [0.717, 1.165) is 6.42 Å². The molecule has 0 heterocycles. The molecule has 0 nitrogen and oxygen atoms in total. The summed E-state index contributed by atoms with van der Waals surface area (Å²) < 4.78 is 0. The van der Waals surface area contributed by atoms with Gasteiger partial charge in [0.05, 0.1) is 0 Å². The van der Waals surface area contributed by atoms with Gasteiger partial charge >= 0.3 is 0 Å². The van der Waals surface area contributed by atoms with Gasteiger partial charge in [0.15, 0.2) is 0 Å². The fraction of sp³-hybridized carbons (Fsp3) is 0.0667. The molecule has 1 heteroatoms. The molecule has 0 amide bonds. The summed E-state index contributed by atoms with van der Waals surface area (Å²) in [5, 5.41) is 0. The van der Waals surface area contributed by atoms with Gasteiger partial charge in [-0.15, -0.1) is 0 Å². The van der Waals surface area contributed by atoms with Gasteiger partial charge in [-0.3, -0.25) is 0 Å². The van der Waals surface area contributed by atoms with Crippen LogP contribution in [0.5, 0.6) is 0 Å². The Morgan fingerprint density at radius 2 is 1.44 bits per heavy atom. The maximum Gasteiger partial charge on any atom is 0 e. The molecule has 0 spiro atoms. The second kappa shape index (κ2) is 5.22. The van der Waals surface area contributed by atoms with Crippen molar-refractivity contribution >= 4 is 11.6 Å². The van der Waals surface area contributed by atoms with E-state index in [4.69, 9.17) is 0 Å². The van der Waals surface area contributed by atoms with E-state index >= 15 is 0 Å². The zero-order chi connectivity index (χ0) is 10.1. The van der Waals surface area contributed by atoms with Gasteiger partial charge in [-0.1, -0.05) is 60.7 Å². The molecule has 0 bridgehead atoms. The largest absolute Gasteiger partial charge is 0.0622 e. The van der Waals surface area contributed by atoms with E-state index in [1.54, 1.807) is 0 Å². The fourth-order valence-corrected chi connectivity index (χ4v) is 2.12. The molecule has 0 fully saturated rings. The minimum Gasteiger partial charge on any atom is -0.0622 e. The van der Waals surface area contributed by atoms with Crippen LogP contribution in [0.25, 0.3) is 11.6 Å². The summed E-state index contributed by atoms with van der Waals surface area (Å²) in [6.07, 6.45) is 3.37. The summed E-state index contributed by atoms with van der Waals surface area (Å²) in [4.78, 5) is 0. The molecule has 0 saturated heterocycles. The second-order valence-corrected chi connectivity index (χ2v) is 3.91. The standard InChI is InChI=1S/C15H12.Gd/c1-2-6-12(7-3-1)15-10-13-8-4-5-9-14(13)11-15;/h1-10H,11H2;. The van der Waals surface area contributed by atoms with Crippen molar-refractivity contribution in [3.63, 3.8) is 0 Å². The topological polar surface area (TPSA) is 0 Å². The van der Waals surface area contributed by atoms with E-state index in [-0.39, 0.29) is 39.9 Å². The molecule has 0 saturated carbocycles. The molecule has 16 heavy (non-hydrogen) atoms. The molecular formula is C15H12Gd. The Morgan fingerprint density at radius 3 is 2.19 bits per heavy atom. The number of allylic oxidation sites excluding steroid dienone is 1. The molecule has 0 N–H and O–H groups in total. The Bertz CT molecular complexity index is 512. The minimum atomic E-state index is 0. The molecular weight excluding hydrogens is 337 g/mol. The molecule has 2 aromatic carbocycles. The van der Waals surface area contributed by atoms with Gasteiger partial charge in [0.25, 0.3) is 0 Å². The van der Waals surface area contributed by atoms with Crippen molar-refractivity contribution in [1.82, 2.24) is 0 Å². The summed E-state index contributed by atoms with van der Waals surface area (Å²) in [6, 6.07) is 19.2. The molecule has 0 aromatic heterocycles. The Labute approximate surface area is 128 Å². The summed E-state index contributed by atoms with van der Waals surface area (Å²) >= 11 is 0. The van der Waals surface area contributed by atoms with Gasteiger partial charge in [-0.2, -0.15) is 0 Å². The normalized spacial score (nSPS) is 12.6. The van der Waals surface area contributed by atoms with E-state index in [0.29, 0.717) is 0 Å². The summed E-state index contributed by atoms with van der Waals surface area (Å²) in [5.41, 5.74) is 5.58. The second-order valence-electron chi connectivity index (χ2n) is 3.91. The maximum atomic E-state index is 2.30. The van der Waals surface area contributed by atoms with Crippen molar-refractivity contribution in [1.29, 1.82) is 0 Å². The third-order valence-corrected chi connectivity index (χ3v) is 2.91. The first-order valence-corrected chi connectivity index (χ1v) is 5.27.